The van der Waals surface area contributed by atoms with Gasteiger partial charge < -0.3 is 4.74 Å². The van der Waals surface area contributed by atoms with Crippen molar-refractivity contribution in [1.82, 2.24) is 4.72 Å². The van der Waals surface area contributed by atoms with Crippen LogP contribution in [-0.2, 0) is 10.0 Å². The molecule has 1 N–H and O–H groups in total. The molecule has 0 spiro atoms. The molecule has 0 saturated heterocycles. The Morgan fingerprint density at radius 1 is 1.08 bits per heavy atom. The van der Waals surface area contributed by atoms with Gasteiger partial charge in [0.2, 0.25) is 10.0 Å². The van der Waals surface area contributed by atoms with Crippen LogP contribution >= 0.6 is 0 Å². The summed E-state index contributed by atoms with van der Waals surface area (Å²) in [5, 5.41) is 0. The first kappa shape index (κ1) is 18.1. The number of hydrogen-bond acceptors (Lipinski definition) is 3. The van der Waals surface area contributed by atoms with Gasteiger partial charge in [-0.25, -0.2) is 8.42 Å². The van der Waals surface area contributed by atoms with Crippen molar-refractivity contribution in [2.24, 2.45) is 0 Å². The average molecular weight is 343 g/mol. The number of benzene rings is 2. The number of sulfonamides is 1. The molecule has 0 aliphatic carbocycles. The highest BCUT2D eigenvalue weighted by Crippen LogP contribution is 2.21. The van der Waals surface area contributed by atoms with E-state index < -0.39 is 10.0 Å². The minimum Gasteiger partial charge on any atom is -0.495 e. The summed E-state index contributed by atoms with van der Waals surface area (Å²) in [4.78, 5) is 0.326. The zero-order chi connectivity index (χ0) is 17.7. The van der Waals surface area contributed by atoms with Crippen LogP contribution in [0.3, 0.4) is 0 Å². The van der Waals surface area contributed by atoms with Crippen LogP contribution in [0.25, 0.3) is 0 Å². The number of para-hydroxylation sites is 1. The van der Waals surface area contributed by atoms with E-state index in [0.29, 0.717) is 10.6 Å². The molecule has 0 radical (unpaired) electrons. The standard InChI is InChI=1S/C19H21NO3S/c1-14-12-15(2)19(16(3)13-14)24(21,22)20-11-7-9-17-8-5-6-10-18(17)23-4/h5-6,8,10,12-13,20H,11H2,1-4H3. The van der Waals surface area contributed by atoms with E-state index >= 15 is 0 Å². The van der Waals surface area contributed by atoms with Gasteiger partial charge >= 0.3 is 0 Å². The summed E-state index contributed by atoms with van der Waals surface area (Å²) in [5.74, 6) is 6.42. The van der Waals surface area contributed by atoms with Gasteiger partial charge in [-0.15, -0.1) is 0 Å². The van der Waals surface area contributed by atoms with Gasteiger partial charge in [0.25, 0.3) is 0 Å². The highest BCUT2D eigenvalue weighted by atomic mass is 32.2. The molecule has 4 nitrogen and oxygen atoms in total. The first-order valence-electron chi connectivity index (χ1n) is 7.54. The summed E-state index contributed by atoms with van der Waals surface area (Å²) in [6, 6.07) is 11.1. The first-order valence-corrected chi connectivity index (χ1v) is 9.03. The summed E-state index contributed by atoms with van der Waals surface area (Å²) < 4.78 is 32.8. The predicted octanol–water partition coefficient (Wildman–Crippen LogP) is 2.95. The van der Waals surface area contributed by atoms with Gasteiger partial charge in [0, 0.05) is 0 Å². The Labute approximate surface area is 143 Å². The van der Waals surface area contributed by atoms with Gasteiger partial charge in [-0.3, -0.25) is 0 Å². The molecule has 0 unspecified atom stereocenters. The summed E-state index contributed by atoms with van der Waals surface area (Å²) in [6.45, 7) is 5.58. The first-order chi connectivity index (χ1) is 11.3. The van der Waals surface area contributed by atoms with Crippen LogP contribution in [0.1, 0.15) is 22.3 Å². The zero-order valence-corrected chi connectivity index (χ0v) is 15.1. The molecular weight excluding hydrogens is 322 g/mol. The van der Waals surface area contributed by atoms with E-state index in [1.165, 1.54) is 0 Å². The summed E-state index contributed by atoms with van der Waals surface area (Å²) in [7, 11) is -2.02. The van der Waals surface area contributed by atoms with Crippen molar-refractivity contribution in [2.75, 3.05) is 13.7 Å². The lowest BCUT2D eigenvalue weighted by atomic mass is 10.1. The van der Waals surface area contributed by atoms with Crippen LogP contribution in [0.5, 0.6) is 5.75 Å². The Kier molecular flexibility index (Phi) is 5.66. The van der Waals surface area contributed by atoms with E-state index in [9.17, 15) is 8.42 Å². The van der Waals surface area contributed by atoms with Crippen LogP contribution in [0.2, 0.25) is 0 Å². The largest absolute Gasteiger partial charge is 0.495 e. The van der Waals surface area contributed by atoms with Crippen molar-refractivity contribution in [1.29, 1.82) is 0 Å². The fourth-order valence-electron chi connectivity index (χ4n) is 2.68. The molecule has 0 saturated carbocycles. The van der Waals surface area contributed by atoms with E-state index in [1.807, 2.05) is 43.3 Å². The molecule has 0 aliphatic rings. The molecule has 0 heterocycles. The highest BCUT2D eigenvalue weighted by molar-refractivity contribution is 7.89. The maximum atomic E-state index is 12.5. The average Bonchev–Trinajstić information content (AvgIpc) is 2.50. The summed E-state index contributed by atoms with van der Waals surface area (Å²) >= 11 is 0. The fourth-order valence-corrected chi connectivity index (χ4v) is 4.05. The second kappa shape index (κ2) is 7.52. The van der Waals surface area contributed by atoms with E-state index in [-0.39, 0.29) is 6.54 Å². The summed E-state index contributed by atoms with van der Waals surface area (Å²) in [6.07, 6.45) is 0. The zero-order valence-electron chi connectivity index (χ0n) is 14.3. The second-order valence-corrected chi connectivity index (χ2v) is 7.26. The molecule has 0 amide bonds. The molecule has 2 rings (SSSR count). The van der Waals surface area contributed by atoms with Crippen LogP contribution in [0.4, 0.5) is 0 Å². The van der Waals surface area contributed by atoms with Gasteiger partial charge in [-0.2, -0.15) is 4.72 Å². The molecule has 0 fully saturated rings. The van der Waals surface area contributed by atoms with E-state index in [0.717, 1.165) is 22.3 Å². The van der Waals surface area contributed by atoms with Crippen molar-refractivity contribution in [2.45, 2.75) is 25.7 Å². The predicted molar refractivity (Wildman–Crippen MR) is 95.7 cm³/mol. The molecular formula is C19H21NO3S. The van der Waals surface area contributed by atoms with Crippen molar-refractivity contribution < 1.29 is 13.2 Å². The van der Waals surface area contributed by atoms with Crippen molar-refractivity contribution in [3.8, 4) is 17.6 Å². The monoisotopic (exact) mass is 343 g/mol. The normalized spacial score (nSPS) is 10.8. The second-order valence-electron chi connectivity index (χ2n) is 5.55. The van der Waals surface area contributed by atoms with Crippen molar-refractivity contribution >= 4 is 10.0 Å². The van der Waals surface area contributed by atoms with Crippen LogP contribution in [0, 0.1) is 32.6 Å². The SMILES string of the molecule is COc1ccccc1C#CCNS(=O)(=O)c1c(C)cc(C)cc1C. The number of aryl methyl sites for hydroxylation is 3. The highest BCUT2D eigenvalue weighted by Gasteiger charge is 2.18. The van der Waals surface area contributed by atoms with Gasteiger partial charge in [0.1, 0.15) is 5.75 Å². The van der Waals surface area contributed by atoms with Gasteiger partial charge in [0.05, 0.1) is 24.1 Å². The van der Waals surface area contributed by atoms with E-state index in [4.69, 9.17) is 4.74 Å². The number of hydrogen-bond donors (Lipinski definition) is 1. The molecule has 0 aliphatic heterocycles. The lowest BCUT2D eigenvalue weighted by Gasteiger charge is -2.11. The van der Waals surface area contributed by atoms with Gasteiger partial charge in [-0.1, -0.05) is 41.7 Å². The minimum atomic E-state index is -3.59. The van der Waals surface area contributed by atoms with Gasteiger partial charge in [-0.05, 0) is 44.0 Å². The number of rotatable bonds is 4. The number of ether oxygens (including phenoxy) is 1. The Morgan fingerprint density at radius 2 is 1.71 bits per heavy atom. The number of nitrogens with one attached hydrogen (secondary N) is 1. The van der Waals surface area contributed by atoms with E-state index in [1.54, 1.807) is 21.0 Å². The smallest absolute Gasteiger partial charge is 0.241 e. The van der Waals surface area contributed by atoms with Crippen LogP contribution < -0.4 is 9.46 Å². The maximum absolute atomic E-state index is 12.5. The maximum Gasteiger partial charge on any atom is 0.241 e. The molecule has 5 heteroatoms. The molecule has 0 atom stereocenters. The molecule has 2 aromatic rings. The number of methoxy groups -OCH3 is 1. The third-order valence-corrected chi connectivity index (χ3v) is 5.26. The molecule has 0 bridgehead atoms. The Bertz CT molecular complexity index is 883. The third-order valence-electron chi connectivity index (χ3n) is 3.55. The van der Waals surface area contributed by atoms with E-state index in [2.05, 4.69) is 16.6 Å². The third kappa shape index (κ3) is 4.16. The van der Waals surface area contributed by atoms with Crippen LogP contribution in [-0.4, -0.2) is 22.1 Å². The van der Waals surface area contributed by atoms with Crippen molar-refractivity contribution in [3.63, 3.8) is 0 Å². The van der Waals surface area contributed by atoms with Gasteiger partial charge in [0.15, 0.2) is 0 Å². The Hall–Kier alpha value is -2.29. The molecule has 0 aromatic heterocycles. The molecule has 24 heavy (non-hydrogen) atoms. The topological polar surface area (TPSA) is 55.4 Å². The quantitative estimate of drug-likeness (QED) is 0.869. The van der Waals surface area contributed by atoms with Crippen LogP contribution in [0.15, 0.2) is 41.3 Å². The summed E-state index contributed by atoms with van der Waals surface area (Å²) in [5.41, 5.74) is 3.23. The fraction of sp³-hybridized carbons (Fsp3) is 0.263. The Morgan fingerprint density at radius 3 is 2.33 bits per heavy atom. The lowest BCUT2D eigenvalue weighted by molar-refractivity contribution is 0.413. The molecule has 2 aromatic carbocycles. The molecule has 126 valence electrons. The lowest BCUT2D eigenvalue weighted by Crippen LogP contribution is -2.25. The van der Waals surface area contributed by atoms with Crippen molar-refractivity contribution in [3.05, 3.63) is 58.7 Å². The minimum absolute atomic E-state index is 0.0349. The Balaban J connectivity index is 2.17.